The summed E-state index contributed by atoms with van der Waals surface area (Å²) in [7, 11) is 0. The van der Waals surface area contributed by atoms with Gasteiger partial charge in [-0.2, -0.15) is 0 Å². The Morgan fingerprint density at radius 2 is 2.28 bits per heavy atom. The number of hydrogen-bond donors (Lipinski definition) is 2. The summed E-state index contributed by atoms with van der Waals surface area (Å²) in [6, 6.07) is 0. The molecule has 0 aliphatic rings. The van der Waals surface area contributed by atoms with Gasteiger partial charge in [0.25, 0.3) is 0 Å². The monoisotopic (exact) mass is 382 g/mol. The molecule has 0 aliphatic heterocycles. The fourth-order valence-electron chi connectivity index (χ4n) is 1.31. The van der Waals surface area contributed by atoms with E-state index in [1.165, 1.54) is 5.01 Å². The third kappa shape index (κ3) is 6.53. The molecule has 0 spiro atoms. The second kappa shape index (κ2) is 9.55. The van der Waals surface area contributed by atoms with Gasteiger partial charge in [0.1, 0.15) is 0 Å². The lowest BCUT2D eigenvalue weighted by molar-refractivity contribution is 0.802. The lowest BCUT2D eigenvalue weighted by atomic mass is 10.2. The van der Waals surface area contributed by atoms with Gasteiger partial charge in [-0.15, -0.1) is 35.3 Å². The average Bonchev–Trinajstić information content (AvgIpc) is 2.75. The van der Waals surface area contributed by atoms with Crippen molar-refractivity contribution in [1.29, 1.82) is 0 Å². The van der Waals surface area contributed by atoms with Crippen LogP contribution < -0.4 is 11.1 Å². The van der Waals surface area contributed by atoms with Gasteiger partial charge in [-0.3, -0.25) is 4.99 Å². The van der Waals surface area contributed by atoms with E-state index in [1.54, 1.807) is 11.3 Å². The summed E-state index contributed by atoms with van der Waals surface area (Å²) in [5, 5.41) is 6.42. The summed E-state index contributed by atoms with van der Waals surface area (Å²) in [6.07, 6.45) is 1.91. The Balaban J connectivity index is 0.00000289. The van der Waals surface area contributed by atoms with Crippen LogP contribution in [0.25, 0.3) is 0 Å². The van der Waals surface area contributed by atoms with Crippen LogP contribution in [-0.4, -0.2) is 24.0 Å². The van der Waals surface area contributed by atoms with Crippen molar-refractivity contribution in [2.45, 2.75) is 39.5 Å². The summed E-state index contributed by atoms with van der Waals surface area (Å²) in [5.74, 6) is 1.05. The summed E-state index contributed by atoms with van der Waals surface area (Å²) >= 11 is 1.73. The van der Waals surface area contributed by atoms with Gasteiger partial charge in [0.2, 0.25) is 0 Å². The number of nitrogens with zero attached hydrogens (tertiary/aromatic N) is 2. The molecule has 0 saturated carbocycles. The maximum Gasteiger partial charge on any atom is 0.188 e. The minimum Gasteiger partial charge on any atom is -0.370 e. The van der Waals surface area contributed by atoms with E-state index in [1.807, 2.05) is 0 Å². The lowest BCUT2D eigenvalue weighted by Crippen LogP contribution is -2.33. The molecule has 3 N–H and O–H groups in total. The highest BCUT2D eigenvalue weighted by molar-refractivity contribution is 14.0. The van der Waals surface area contributed by atoms with Crippen LogP contribution in [0.15, 0.2) is 10.4 Å². The van der Waals surface area contributed by atoms with Crippen molar-refractivity contribution in [3.05, 3.63) is 16.1 Å². The Bertz CT molecular complexity index is 363. The van der Waals surface area contributed by atoms with Gasteiger partial charge in [-0.25, -0.2) is 4.98 Å². The molecule has 1 heterocycles. The predicted molar refractivity (Wildman–Crippen MR) is 90.1 cm³/mol. The van der Waals surface area contributed by atoms with Crippen molar-refractivity contribution in [2.24, 2.45) is 10.7 Å². The first kappa shape index (κ1) is 17.6. The fourth-order valence-corrected chi connectivity index (χ4v) is 2.18. The molecule has 0 fully saturated rings. The summed E-state index contributed by atoms with van der Waals surface area (Å²) in [6.45, 7) is 7.99. The number of guanidine groups is 1. The van der Waals surface area contributed by atoms with E-state index in [0.29, 0.717) is 11.9 Å². The number of rotatable bonds is 6. The first-order valence-electron chi connectivity index (χ1n) is 6.11. The zero-order valence-corrected chi connectivity index (χ0v) is 14.4. The van der Waals surface area contributed by atoms with Gasteiger partial charge in [-0.05, 0) is 6.42 Å². The standard InChI is InChI=1S/C12H22N4S.HI/c1-4-6-14-12(13)15-7-5-10-8-17-11(16-10)9(2)3;/h8-9H,4-7H2,1-3H3,(H3,13,14,15);1H. The largest absolute Gasteiger partial charge is 0.370 e. The van der Waals surface area contributed by atoms with Crippen LogP contribution in [0, 0.1) is 0 Å². The van der Waals surface area contributed by atoms with Crippen molar-refractivity contribution in [3.8, 4) is 0 Å². The molecular formula is C12H23IN4S. The van der Waals surface area contributed by atoms with Crippen molar-refractivity contribution in [1.82, 2.24) is 10.3 Å². The average molecular weight is 382 g/mol. The van der Waals surface area contributed by atoms with E-state index in [2.05, 4.69) is 41.4 Å². The van der Waals surface area contributed by atoms with Crippen LogP contribution in [0.1, 0.15) is 43.8 Å². The molecule has 1 aromatic heterocycles. The van der Waals surface area contributed by atoms with Crippen LogP contribution >= 0.6 is 35.3 Å². The smallest absolute Gasteiger partial charge is 0.188 e. The number of thiazole rings is 1. The van der Waals surface area contributed by atoms with Crippen molar-refractivity contribution in [2.75, 3.05) is 13.1 Å². The van der Waals surface area contributed by atoms with Crippen LogP contribution in [0.3, 0.4) is 0 Å². The third-order valence-corrected chi connectivity index (χ3v) is 3.45. The summed E-state index contributed by atoms with van der Waals surface area (Å²) < 4.78 is 0. The first-order chi connectivity index (χ1) is 8.13. The number of aromatic nitrogens is 1. The molecule has 0 aliphatic carbocycles. The molecule has 0 radical (unpaired) electrons. The summed E-state index contributed by atoms with van der Waals surface area (Å²) in [4.78, 5) is 8.74. The number of aliphatic imine (C=N–C) groups is 1. The molecule has 4 nitrogen and oxygen atoms in total. The highest BCUT2D eigenvalue weighted by atomic mass is 127. The maximum absolute atomic E-state index is 5.70. The Labute approximate surface area is 131 Å². The quantitative estimate of drug-likeness (QED) is 0.452. The van der Waals surface area contributed by atoms with Gasteiger partial charge in [0, 0.05) is 30.8 Å². The lowest BCUT2D eigenvalue weighted by Gasteiger charge is -2.03. The van der Waals surface area contributed by atoms with E-state index in [0.717, 1.165) is 31.6 Å². The molecular weight excluding hydrogens is 359 g/mol. The topological polar surface area (TPSA) is 63.3 Å². The zero-order chi connectivity index (χ0) is 12.7. The van der Waals surface area contributed by atoms with Crippen LogP contribution in [0.5, 0.6) is 0 Å². The molecule has 1 rings (SSSR count). The van der Waals surface area contributed by atoms with E-state index in [-0.39, 0.29) is 24.0 Å². The minimum atomic E-state index is 0. The molecule has 18 heavy (non-hydrogen) atoms. The molecule has 0 atom stereocenters. The Morgan fingerprint density at radius 3 is 2.83 bits per heavy atom. The molecule has 0 saturated heterocycles. The number of nitrogens with two attached hydrogens (primary N) is 1. The minimum absolute atomic E-state index is 0. The van der Waals surface area contributed by atoms with Crippen LogP contribution in [-0.2, 0) is 6.42 Å². The van der Waals surface area contributed by atoms with Crippen molar-refractivity contribution in [3.63, 3.8) is 0 Å². The van der Waals surface area contributed by atoms with E-state index >= 15 is 0 Å². The van der Waals surface area contributed by atoms with Gasteiger partial charge in [-0.1, -0.05) is 20.8 Å². The number of halogens is 1. The van der Waals surface area contributed by atoms with Crippen LogP contribution in [0.2, 0.25) is 0 Å². The van der Waals surface area contributed by atoms with Crippen molar-refractivity contribution >= 4 is 41.3 Å². The summed E-state index contributed by atoms with van der Waals surface area (Å²) in [5.41, 5.74) is 6.83. The predicted octanol–water partition coefficient (Wildman–Crippen LogP) is 2.74. The Hall–Kier alpha value is -0.370. The van der Waals surface area contributed by atoms with Crippen LogP contribution in [0.4, 0.5) is 0 Å². The molecule has 6 heteroatoms. The highest BCUT2D eigenvalue weighted by Gasteiger charge is 2.05. The number of hydrogen-bond acceptors (Lipinski definition) is 3. The third-order valence-electron chi connectivity index (χ3n) is 2.26. The van der Waals surface area contributed by atoms with Gasteiger partial charge >= 0.3 is 0 Å². The Morgan fingerprint density at radius 1 is 1.56 bits per heavy atom. The van der Waals surface area contributed by atoms with E-state index in [9.17, 15) is 0 Å². The molecule has 0 aromatic carbocycles. The molecule has 0 bridgehead atoms. The Kier molecular flexibility index (Phi) is 9.35. The zero-order valence-electron chi connectivity index (χ0n) is 11.3. The number of nitrogens with one attached hydrogen (secondary N) is 1. The van der Waals surface area contributed by atoms with Gasteiger partial charge in [0.05, 0.1) is 10.7 Å². The normalized spacial score (nSPS) is 11.4. The SMILES string of the molecule is CCCN=C(N)NCCc1csc(C(C)C)n1.I. The van der Waals surface area contributed by atoms with Crippen molar-refractivity contribution < 1.29 is 0 Å². The fraction of sp³-hybridized carbons (Fsp3) is 0.667. The second-order valence-corrected chi connectivity index (χ2v) is 5.17. The van der Waals surface area contributed by atoms with Gasteiger partial charge in [0.15, 0.2) is 5.96 Å². The molecule has 0 unspecified atom stereocenters. The second-order valence-electron chi connectivity index (χ2n) is 4.28. The van der Waals surface area contributed by atoms with E-state index < -0.39 is 0 Å². The molecule has 0 amide bonds. The molecule has 104 valence electrons. The van der Waals surface area contributed by atoms with Gasteiger partial charge < -0.3 is 11.1 Å². The maximum atomic E-state index is 5.70. The first-order valence-corrected chi connectivity index (χ1v) is 6.99. The highest BCUT2D eigenvalue weighted by Crippen LogP contribution is 2.19. The molecule has 1 aromatic rings. The van der Waals surface area contributed by atoms with E-state index in [4.69, 9.17) is 5.73 Å².